The first-order valence-corrected chi connectivity index (χ1v) is 3.72. The molecule has 0 aromatic rings. The second kappa shape index (κ2) is 6.09. The van der Waals surface area contributed by atoms with Crippen LogP contribution in [0.1, 0.15) is 0 Å². The van der Waals surface area contributed by atoms with E-state index in [1.807, 2.05) is 0 Å². The first kappa shape index (κ1) is 11.5. The summed E-state index contributed by atoms with van der Waals surface area (Å²) < 4.78 is 0. The van der Waals surface area contributed by atoms with Gasteiger partial charge in [0.2, 0.25) is 0 Å². The fourth-order valence-corrected chi connectivity index (χ4v) is 0.750. The molecule has 0 heterocycles. The lowest BCUT2D eigenvalue weighted by atomic mass is 10.1. The van der Waals surface area contributed by atoms with Crippen molar-refractivity contribution in [2.24, 2.45) is 0 Å². The van der Waals surface area contributed by atoms with Gasteiger partial charge in [-0.15, -0.1) is 0 Å². The van der Waals surface area contributed by atoms with Crippen molar-refractivity contribution < 1.29 is 0 Å². The smallest absolute Gasteiger partial charge is 0.137 e. The molecule has 0 bridgehead atoms. The minimum Gasteiger partial charge on any atom is -0.192 e. The molecule has 0 saturated carbocycles. The van der Waals surface area contributed by atoms with E-state index in [-0.39, 0.29) is 16.7 Å². The van der Waals surface area contributed by atoms with Crippen molar-refractivity contribution >= 4 is 17.6 Å². The molecule has 0 fully saturated rings. The van der Waals surface area contributed by atoms with Crippen LogP contribution >= 0.6 is 12.2 Å². The second-order valence-corrected chi connectivity index (χ2v) is 2.19. The van der Waals surface area contributed by atoms with Crippen LogP contribution in [-0.4, -0.2) is 5.37 Å². The van der Waals surface area contributed by atoms with Crippen molar-refractivity contribution in [3.8, 4) is 24.3 Å². The first-order valence-electron chi connectivity index (χ1n) is 3.25. The van der Waals surface area contributed by atoms with Gasteiger partial charge in [0.05, 0.1) is 0 Å². The molecule has 0 radical (unpaired) electrons. The van der Waals surface area contributed by atoms with Crippen molar-refractivity contribution in [2.45, 2.75) is 0 Å². The molecule has 5 heteroatoms. The molecule has 0 saturated heterocycles. The van der Waals surface area contributed by atoms with E-state index in [9.17, 15) is 0 Å². The second-order valence-electron chi connectivity index (χ2n) is 1.95. The summed E-state index contributed by atoms with van der Waals surface area (Å²) in [6.45, 7) is 0. The lowest BCUT2D eigenvalue weighted by molar-refractivity contribution is 1.44. The van der Waals surface area contributed by atoms with Gasteiger partial charge in [-0.1, -0.05) is 12.2 Å². The molecule has 0 rings (SSSR count). The maximum Gasteiger partial charge on any atom is 0.137 e. The van der Waals surface area contributed by atoms with E-state index < -0.39 is 0 Å². The van der Waals surface area contributed by atoms with Gasteiger partial charge in [-0.2, -0.15) is 21.0 Å². The number of allylic oxidation sites excluding steroid dienone is 4. The quantitative estimate of drug-likeness (QED) is 0.288. The monoisotopic (exact) mass is 198 g/mol. The van der Waals surface area contributed by atoms with Gasteiger partial charge in [-0.05, 0) is 6.08 Å². The molecule has 0 N–H and O–H groups in total. The maximum atomic E-state index is 8.49. The topological polar surface area (TPSA) is 95.2 Å². The maximum absolute atomic E-state index is 8.49. The minimum absolute atomic E-state index is 0.100. The normalized spacial score (nSPS) is 6.57. The zero-order valence-electron chi connectivity index (χ0n) is 6.85. The van der Waals surface area contributed by atoms with Gasteiger partial charge < -0.3 is 0 Å². The summed E-state index contributed by atoms with van der Waals surface area (Å²) in [6, 6.07) is 6.43. The van der Waals surface area contributed by atoms with E-state index in [1.54, 1.807) is 24.3 Å². The van der Waals surface area contributed by atoms with Gasteiger partial charge in [-0.3, -0.25) is 0 Å². The molecule has 0 aliphatic carbocycles. The molecule has 0 unspecified atom stereocenters. The SMILES string of the molecule is N#CC(C#N)=CC(C=S)=C(C#N)C#N. The van der Waals surface area contributed by atoms with Crippen LogP contribution in [0, 0.1) is 45.3 Å². The highest BCUT2D eigenvalue weighted by molar-refractivity contribution is 7.79. The fourth-order valence-electron chi connectivity index (χ4n) is 0.564. The lowest BCUT2D eigenvalue weighted by Crippen LogP contribution is -1.86. The third kappa shape index (κ3) is 2.88. The van der Waals surface area contributed by atoms with Gasteiger partial charge in [0, 0.05) is 10.9 Å². The Balaban J connectivity index is 5.52. The highest BCUT2D eigenvalue weighted by atomic mass is 32.1. The molecule has 0 aliphatic heterocycles. The Bertz CT molecular complexity index is 439. The molecule has 64 valence electrons. The minimum atomic E-state index is -0.219. The number of thiocarbonyl (C=S) groups is 1. The number of hydrogen-bond acceptors (Lipinski definition) is 5. The van der Waals surface area contributed by atoms with Gasteiger partial charge in [-0.25, -0.2) is 0 Å². The van der Waals surface area contributed by atoms with E-state index in [4.69, 9.17) is 21.0 Å². The lowest BCUT2D eigenvalue weighted by Gasteiger charge is -1.89. The van der Waals surface area contributed by atoms with E-state index in [0.29, 0.717) is 0 Å². The Hall–Kier alpha value is -2.47. The Morgan fingerprint density at radius 1 is 0.929 bits per heavy atom. The largest absolute Gasteiger partial charge is 0.192 e. The molecular weight excluding hydrogens is 196 g/mol. The van der Waals surface area contributed by atoms with Crippen molar-refractivity contribution in [1.29, 1.82) is 21.0 Å². The highest BCUT2D eigenvalue weighted by Crippen LogP contribution is 2.05. The molecule has 14 heavy (non-hydrogen) atoms. The van der Waals surface area contributed by atoms with Crippen LogP contribution in [0.5, 0.6) is 0 Å². The number of rotatable bonds is 2. The molecule has 0 aromatic heterocycles. The summed E-state index contributed by atoms with van der Waals surface area (Å²) in [5, 5.41) is 34.9. The van der Waals surface area contributed by atoms with Crippen LogP contribution in [-0.2, 0) is 0 Å². The number of nitrogens with zero attached hydrogens (tertiary/aromatic N) is 4. The summed E-state index contributed by atoms with van der Waals surface area (Å²) in [7, 11) is 0. The molecule has 0 spiro atoms. The van der Waals surface area contributed by atoms with Crippen LogP contribution in [0.2, 0.25) is 0 Å². The molecular formula is C9H2N4S. The third-order valence-corrected chi connectivity index (χ3v) is 1.43. The molecule has 0 aromatic carbocycles. The summed E-state index contributed by atoms with van der Waals surface area (Å²) in [5.74, 6) is 0. The molecule has 4 nitrogen and oxygen atoms in total. The zero-order valence-corrected chi connectivity index (χ0v) is 7.67. The Morgan fingerprint density at radius 3 is 1.71 bits per heavy atom. The first-order chi connectivity index (χ1) is 6.73. The average molecular weight is 198 g/mol. The van der Waals surface area contributed by atoms with Gasteiger partial charge in [0.25, 0.3) is 0 Å². The Morgan fingerprint density at radius 2 is 1.43 bits per heavy atom. The predicted octanol–water partition coefficient (Wildman–Crippen LogP) is 1.30. The zero-order chi connectivity index (χ0) is 11.0. The number of hydrogen-bond donors (Lipinski definition) is 0. The van der Waals surface area contributed by atoms with Crippen molar-refractivity contribution in [3.05, 3.63) is 22.8 Å². The van der Waals surface area contributed by atoms with E-state index >= 15 is 0 Å². The summed E-state index contributed by atoms with van der Waals surface area (Å²) in [4.78, 5) is 0. The van der Waals surface area contributed by atoms with Crippen LogP contribution < -0.4 is 0 Å². The predicted molar refractivity (Wildman–Crippen MR) is 51.2 cm³/mol. The third-order valence-electron chi connectivity index (χ3n) is 1.18. The van der Waals surface area contributed by atoms with Crippen LogP contribution in [0.15, 0.2) is 22.8 Å². The van der Waals surface area contributed by atoms with Crippen LogP contribution in [0.4, 0.5) is 0 Å². The van der Waals surface area contributed by atoms with E-state index in [1.165, 1.54) is 0 Å². The Kier molecular flexibility index (Phi) is 5.02. The van der Waals surface area contributed by atoms with E-state index in [2.05, 4.69) is 12.2 Å². The van der Waals surface area contributed by atoms with Crippen LogP contribution in [0.3, 0.4) is 0 Å². The van der Waals surface area contributed by atoms with Crippen molar-refractivity contribution in [3.63, 3.8) is 0 Å². The van der Waals surface area contributed by atoms with Gasteiger partial charge >= 0.3 is 0 Å². The summed E-state index contributed by atoms with van der Waals surface area (Å²) >= 11 is 4.55. The molecule has 0 aliphatic rings. The summed E-state index contributed by atoms with van der Waals surface area (Å²) in [5.41, 5.74) is -0.324. The molecule has 0 atom stereocenters. The highest BCUT2D eigenvalue weighted by Gasteiger charge is 2.02. The Labute approximate surface area is 86.2 Å². The fraction of sp³-hybridized carbons (Fsp3) is 0. The average Bonchev–Trinajstić information content (AvgIpc) is 2.24. The molecule has 0 amide bonds. The number of nitriles is 4. The van der Waals surface area contributed by atoms with Crippen molar-refractivity contribution in [1.82, 2.24) is 0 Å². The van der Waals surface area contributed by atoms with E-state index in [0.717, 1.165) is 11.4 Å². The van der Waals surface area contributed by atoms with Gasteiger partial charge in [0.15, 0.2) is 0 Å². The van der Waals surface area contributed by atoms with Crippen molar-refractivity contribution in [2.75, 3.05) is 0 Å². The van der Waals surface area contributed by atoms with Gasteiger partial charge in [0.1, 0.15) is 35.4 Å². The standard InChI is InChI=1S/C9H2N4S/c10-2-7(3-11)1-8(6-14)9(4-12)5-13/h1,6H. The van der Waals surface area contributed by atoms with Crippen LogP contribution in [0.25, 0.3) is 0 Å². The summed E-state index contributed by atoms with van der Waals surface area (Å²) in [6.07, 6.45) is 1.11.